The van der Waals surface area contributed by atoms with Crippen molar-refractivity contribution in [2.24, 2.45) is 4.99 Å². The number of hydrogen-bond donors (Lipinski definition) is 2. The van der Waals surface area contributed by atoms with Crippen LogP contribution in [0.4, 0.5) is 5.69 Å². The summed E-state index contributed by atoms with van der Waals surface area (Å²) < 4.78 is 1.99. The van der Waals surface area contributed by atoms with Crippen molar-refractivity contribution in [3.63, 3.8) is 0 Å². The molecule has 0 amide bonds. The third-order valence-electron chi connectivity index (χ3n) is 4.49. The highest BCUT2D eigenvalue weighted by Gasteiger charge is 2.23. The number of aryl methyl sites for hydroxylation is 2. The van der Waals surface area contributed by atoms with Crippen LogP contribution in [-0.4, -0.2) is 48.5 Å². The Morgan fingerprint density at radius 3 is 2.81 bits per heavy atom. The van der Waals surface area contributed by atoms with Gasteiger partial charge in [0.2, 0.25) is 0 Å². The Hall–Kier alpha value is -1.77. The first-order valence-corrected chi connectivity index (χ1v) is 9.01. The number of nitrogens with zero attached hydrogens (tertiary/aromatic N) is 4. The van der Waals surface area contributed by atoms with Crippen LogP contribution in [-0.2, 0) is 6.54 Å². The summed E-state index contributed by atoms with van der Waals surface area (Å²) in [4.78, 5) is 6.77. The van der Waals surface area contributed by atoms with Gasteiger partial charge in [-0.05, 0) is 37.5 Å². The van der Waals surface area contributed by atoms with E-state index in [4.69, 9.17) is 0 Å². The second-order valence-electron chi connectivity index (χ2n) is 6.54. The predicted octanol–water partition coefficient (Wildman–Crippen LogP) is 2.64. The molecule has 1 aliphatic heterocycles. The first-order valence-electron chi connectivity index (χ1n) is 9.01. The molecule has 1 aromatic carbocycles. The van der Waals surface area contributed by atoms with E-state index in [1.165, 1.54) is 11.3 Å². The van der Waals surface area contributed by atoms with Gasteiger partial charge in [-0.3, -0.25) is 9.67 Å². The fourth-order valence-corrected chi connectivity index (χ4v) is 3.18. The minimum Gasteiger partial charge on any atom is -0.369 e. The maximum atomic E-state index is 4.35. The van der Waals surface area contributed by atoms with Crippen LogP contribution < -0.4 is 15.5 Å². The van der Waals surface area contributed by atoms with Crippen molar-refractivity contribution in [1.82, 2.24) is 20.4 Å². The third kappa shape index (κ3) is 5.89. The molecule has 1 aliphatic rings. The molecule has 0 spiro atoms. The summed E-state index contributed by atoms with van der Waals surface area (Å²) in [5.41, 5.74) is 2.50. The summed E-state index contributed by atoms with van der Waals surface area (Å²) in [6.07, 6.45) is 6.11. The molecule has 7 heteroatoms. The zero-order valence-corrected chi connectivity index (χ0v) is 17.9. The Morgan fingerprint density at radius 2 is 2.12 bits per heavy atom. The zero-order chi connectivity index (χ0) is 17.5. The number of halogens is 1. The van der Waals surface area contributed by atoms with E-state index in [0.717, 1.165) is 45.0 Å². The van der Waals surface area contributed by atoms with Gasteiger partial charge in [-0.25, -0.2) is 0 Å². The third-order valence-corrected chi connectivity index (χ3v) is 4.49. The van der Waals surface area contributed by atoms with Crippen molar-refractivity contribution in [2.45, 2.75) is 32.4 Å². The van der Waals surface area contributed by atoms with Gasteiger partial charge in [-0.2, -0.15) is 5.10 Å². The molecule has 1 unspecified atom stereocenters. The predicted molar refractivity (Wildman–Crippen MR) is 119 cm³/mol. The number of anilines is 1. The number of guanidine groups is 1. The van der Waals surface area contributed by atoms with Crippen molar-refractivity contribution in [3.8, 4) is 0 Å². The first-order chi connectivity index (χ1) is 12.2. The second-order valence-corrected chi connectivity index (χ2v) is 6.54. The highest BCUT2D eigenvalue weighted by molar-refractivity contribution is 14.0. The smallest absolute Gasteiger partial charge is 0.191 e. The van der Waals surface area contributed by atoms with E-state index in [1.807, 2.05) is 17.9 Å². The average Bonchev–Trinajstić information content (AvgIpc) is 3.27. The number of benzene rings is 1. The summed E-state index contributed by atoms with van der Waals surface area (Å²) in [5.74, 6) is 0.886. The van der Waals surface area contributed by atoms with E-state index >= 15 is 0 Å². The molecule has 0 radical (unpaired) electrons. The minimum atomic E-state index is 0. The Labute approximate surface area is 173 Å². The lowest BCUT2D eigenvalue weighted by Gasteiger charge is -2.20. The number of aliphatic imine (C=N–C) groups is 1. The molecule has 2 heterocycles. The maximum Gasteiger partial charge on any atom is 0.191 e. The molecule has 2 aromatic rings. The van der Waals surface area contributed by atoms with Crippen LogP contribution in [0.2, 0.25) is 0 Å². The standard InChI is InChI=1S/C19H28N6.HI/c1-16-13-22-25(14-16)11-6-10-21-19(20-2)23-17-9-12-24(15-17)18-7-4-3-5-8-18;/h3-5,7-8,13-14,17H,6,9-12,15H2,1-2H3,(H2,20,21,23);1H. The van der Waals surface area contributed by atoms with Crippen molar-refractivity contribution >= 4 is 35.6 Å². The lowest BCUT2D eigenvalue weighted by atomic mass is 10.2. The summed E-state index contributed by atoms with van der Waals surface area (Å²) >= 11 is 0. The molecule has 6 nitrogen and oxygen atoms in total. The van der Waals surface area contributed by atoms with Crippen LogP contribution >= 0.6 is 24.0 Å². The van der Waals surface area contributed by atoms with Crippen LogP contribution in [0.25, 0.3) is 0 Å². The van der Waals surface area contributed by atoms with Gasteiger partial charge in [-0.1, -0.05) is 18.2 Å². The molecule has 1 aromatic heterocycles. The largest absolute Gasteiger partial charge is 0.369 e. The lowest BCUT2D eigenvalue weighted by Crippen LogP contribution is -2.45. The van der Waals surface area contributed by atoms with Gasteiger partial charge in [0, 0.05) is 51.2 Å². The van der Waals surface area contributed by atoms with Crippen molar-refractivity contribution in [1.29, 1.82) is 0 Å². The van der Waals surface area contributed by atoms with E-state index in [-0.39, 0.29) is 24.0 Å². The van der Waals surface area contributed by atoms with Crippen LogP contribution in [0.15, 0.2) is 47.7 Å². The minimum absolute atomic E-state index is 0. The Kier molecular flexibility index (Phi) is 8.21. The average molecular weight is 468 g/mol. The molecule has 0 saturated carbocycles. The normalized spacial score (nSPS) is 17.1. The van der Waals surface area contributed by atoms with Crippen LogP contribution in [0, 0.1) is 6.92 Å². The van der Waals surface area contributed by atoms with Crippen LogP contribution in [0.3, 0.4) is 0 Å². The van der Waals surface area contributed by atoms with Gasteiger partial charge >= 0.3 is 0 Å². The molecule has 1 atom stereocenters. The molecule has 142 valence electrons. The van der Waals surface area contributed by atoms with Crippen molar-refractivity contribution in [2.75, 3.05) is 31.6 Å². The maximum absolute atomic E-state index is 4.35. The highest BCUT2D eigenvalue weighted by atomic mass is 127. The summed E-state index contributed by atoms with van der Waals surface area (Å²) in [7, 11) is 1.83. The SMILES string of the molecule is CN=C(NCCCn1cc(C)cn1)NC1CCN(c2ccccc2)C1.I. The van der Waals surface area contributed by atoms with Gasteiger partial charge in [0.1, 0.15) is 0 Å². The summed E-state index contributed by atoms with van der Waals surface area (Å²) in [6.45, 7) is 5.96. The number of hydrogen-bond acceptors (Lipinski definition) is 3. The molecule has 1 fully saturated rings. The molecular weight excluding hydrogens is 439 g/mol. The van der Waals surface area contributed by atoms with Gasteiger partial charge in [0.15, 0.2) is 5.96 Å². The molecule has 0 aliphatic carbocycles. The first kappa shape index (κ1) is 20.5. The molecule has 3 rings (SSSR count). The fourth-order valence-electron chi connectivity index (χ4n) is 3.18. The Balaban J connectivity index is 0.00000243. The quantitative estimate of drug-likeness (QED) is 0.296. The van der Waals surface area contributed by atoms with E-state index in [0.29, 0.717) is 6.04 Å². The highest BCUT2D eigenvalue weighted by Crippen LogP contribution is 2.19. The van der Waals surface area contributed by atoms with Gasteiger partial charge in [0.25, 0.3) is 0 Å². The Morgan fingerprint density at radius 1 is 1.31 bits per heavy atom. The summed E-state index contributed by atoms with van der Waals surface area (Å²) in [5, 5.41) is 11.3. The lowest BCUT2D eigenvalue weighted by molar-refractivity contribution is 0.565. The number of para-hydroxylation sites is 1. The van der Waals surface area contributed by atoms with E-state index in [1.54, 1.807) is 0 Å². The van der Waals surface area contributed by atoms with E-state index in [9.17, 15) is 0 Å². The van der Waals surface area contributed by atoms with Crippen molar-refractivity contribution in [3.05, 3.63) is 48.3 Å². The van der Waals surface area contributed by atoms with Gasteiger partial charge in [-0.15, -0.1) is 24.0 Å². The number of rotatable bonds is 6. The van der Waals surface area contributed by atoms with E-state index < -0.39 is 0 Å². The van der Waals surface area contributed by atoms with Crippen LogP contribution in [0.5, 0.6) is 0 Å². The van der Waals surface area contributed by atoms with E-state index in [2.05, 4.69) is 69.1 Å². The number of aromatic nitrogens is 2. The van der Waals surface area contributed by atoms with Crippen LogP contribution in [0.1, 0.15) is 18.4 Å². The monoisotopic (exact) mass is 468 g/mol. The molecule has 2 N–H and O–H groups in total. The van der Waals surface area contributed by atoms with Crippen molar-refractivity contribution < 1.29 is 0 Å². The molecule has 0 bridgehead atoms. The fraction of sp³-hybridized carbons (Fsp3) is 0.474. The Bertz CT molecular complexity index is 684. The molecule has 26 heavy (non-hydrogen) atoms. The topological polar surface area (TPSA) is 57.5 Å². The molecule has 1 saturated heterocycles. The van der Waals surface area contributed by atoms with Gasteiger partial charge < -0.3 is 15.5 Å². The molecular formula is C19H29IN6. The van der Waals surface area contributed by atoms with Gasteiger partial charge in [0.05, 0.1) is 6.20 Å². The summed E-state index contributed by atoms with van der Waals surface area (Å²) in [6, 6.07) is 11.0. The zero-order valence-electron chi connectivity index (χ0n) is 15.6. The number of nitrogens with one attached hydrogen (secondary N) is 2. The second kappa shape index (κ2) is 10.4.